The molecule has 2 heterocycles. The fourth-order valence-electron chi connectivity index (χ4n) is 2.28. The highest BCUT2D eigenvalue weighted by atomic mass is 35.5. The number of thiocarbonyl (C=S) groups is 1. The number of carbonyl (C=O) groups excluding carboxylic acids is 1. The van der Waals surface area contributed by atoms with Crippen LogP contribution in [0.3, 0.4) is 0 Å². The molecule has 1 amide bonds. The molecule has 0 atom stereocenters. The number of halogens is 2. The van der Waals surface area contributed by atoms with E-state index in [0.29, 0.717) is 32.3 Å². The molecule has 1 aliphatic rings. The summed E-state index contributed by atoms with van der Waals surface area (Å²) in [5.41, 5.74) is 5.93. The van der Waals surface area contributed by atoms with Gasteiger partial charge in [-0.3, -0.25) is 9.69 Å². The van der Waals surface area contributed by atoms with Gasteiger partial charge < -0.3 is 10.6 Å². The first-order valence-electron chi connectivity index (χ1n) is 6.52. The third-order valence-electron chi connectivity index (χ3n) is 3.85. The topological polar surface area (TPSA) is 49.6 Å². The summed E-state index contributed by atoms with van der Waals surface area (Å²) in [6.07, 6.45) is 0. The average Bonchev–Trinajstić information content (AvgIpc) is 2.77. The normalized spacial score (nSPS) is 17.0. The lowest BCUT2D eigenvalue weighted by Gasteiger charge is -2.43. The number of hydrogen-bond acceptors (Lipinski definition) is 4. The Morgan fingerprint density at radius 2 is 1.90 bits per heavy atom. The maximum Gasteiger partial charge on any atom is 0.256 e. The van der Waals surface area contributed by atoms with E-state index < -0.39 is 0 Å². The van der Waals surface area contributed by atoms with Crippen LogP contribution in [0.5, 0.6) is 0 Å². The molecule has 1 aliphatic heterocycles. The van der Waals surface area contributed by atoms with Crippen LogP contribution in [0.25, 0.3) is 0 Å². The minimum atomic E-state index is -0.339. The summed E-state index contributed by atoms with van der Waals surface area (Å²) in [5, 5.41) is 0. The minimum Gasteiger partial charge on any atom is -0.392 e. The Hall–Kier alpha value is -0.400. The number of amides is 1. The lowest BCUT2D eigenvalue weighted by molar-refractivity contribution is 0.0540. The summed E-state index contributed by atoms with van der Waals surface area (Å²) in [5.74, 6) is -0.0732. The van der Waals surface area contributed by atoms with E-state index in [2.05, 4.69) is 4.90 Å². The molecule has 116 valence electrons. The van der Waals surface area contributed by atoms with E-state index in [1.165, 1.54) is 11.3 Å². The summed E-state index contributed by atoms with van der Waals surface area (Å²) < 4.78 is 0.965. The zero-order valence-corrected chi connectivity index (χ0v) is 15.0. The van der Waals surface area contributed by atoms with Gasteiger partial charge in [-0.05, 0) is 19.9 Å². The van der Waals surface area contributed by atoms with Crippen molar-refractivity contribution in [1.82, 2.24) is 9.80 Å². The van der Waals surface area contributed by atoms with E-state index in [1.807, 2.05) is 13.8 Å². The summed E-state index contributed by atoms with van der Waals surface area (Å²) in [4.78, 5) is 16.9. The molecule has 0 aromatic carbocycles. The predicted octanol–water partition coefficient (Wildman–Crippen LogP) is 2.88. The molecular formula is C13H17Cl2N3OS2. The predicted molar refractivity (Wildman–Crippen MR) is 92.7 cm³/mol. The molecule has 0 radical (unpaired) electrons. The Morgan fingerprint density at radius 3 is 2.33 bits per heavy atom. The number of nitrogens with zero attached hydrogens (tertiary/aromatic N) is 2. The molecule has 4 nitrogen and oxygen atoms in total. The van der Waals surface area contributed by atoms with Crippen LogP contribution in [0, 0.1) is 0 Å². The fourth-order valence-corrected chi connectivity index (χ4v) is 3.86. The van der Waals surface area contributed by atoms with Crippen LogP contribution < -0.4 is 5.73 Å². The maximum atomic E-state index is 12.4. The molecule has 2 N–H and O–H groups in total. The Labute approximate surface area is 143 Å². The van der Waals surface area contributed by atoms with Gasteiger partial charge in [-0.1, -0.05) is 35.4 Å². The van der Waals surface area contributed by atoms with Gasteiger partial charge in [0.05, 0.1) is 20.4 Å². The zero-order chi connectivity index (χ0) is 15.8. The molecule has 0 unspecified atom stereocenters. The second kappa shape index (κ2) is 6.38. The zero-order valence-electron chi connectivity index (χ0n) is 11.9. The Balaban J connectivity index is 2.03. The quantitative estimate of drug-likeness (QED) is 0.836. The second-order valence-electron chi connectivity index (χ2n) is 5.44. The van der Waals surface area contributed by atoms with Crippen LogP contribution in [-0.2, 0) is 0 Å². The van der Waals surface area contributed by atoms with Crippen molar-refractivity contribution in [2.24, 2.45) is 5.73 Å². The number of nitrogens with two attached hydrogens (primary N) is 1. The van der Waals surface area contributed by atoms with Crippen LogP contribution in [0.4, 0.5) is 0 Å². The van der Waals surface area contributed by atoms with Crippen molar-refractivity contribution in [1.29, 1.82) is 0 Å². The lowest BCUT2D eigenvalue weighted by atomic mass is 10.0. The highest BCUT2D eigenvalue weighted by molar-refractivity contribution is 7.80. The van der Waals surface area contributed by atoms with Gasteiger partial charge in [0.1, 0.15) is 4.34 Å². The molecule has 21 heavy (non-hydrogen) atoms. The molecule has 8 heteroatoms. The van der Waals surface area contributed by atoms with Gasteiger partial charge in [-0.15, -0.1) is 11.3 Å². The molecule has 2 rings (SSSR count). The largest absolute Gasteiger partial charge is 0.392 e. The molecule has 1 saturated heterocycles. The van der Waals surface area contributed by atoms with Crippen LogP contribution in [0.1, 0.15) is 24.2 Å². The first kappa shape index (κ1) is 17.0. The van der Waals surface area contributed by atoms with Crippen LogP contribution in [-0.4, -0.2) is 52.4 Å². The standard InChI is InChI=1S/C13H17Cl2N3OS2/c1-13(2,12(16)20)18-5-3-17(4-6-18)11(19)8-7-9(14)21-10(8)15/h7H,3-6H2,1-2H3,(H2,16,20). The SMILES string of the molecule is CC(C)(C(N)=S)N1CCN(C(=O)c2cc(Cl)sc2Cl)CC1. The maximum absolute atomic E-state index is 12.4. The van der Waals surface area contributed by atoms with E-state index in [1.54, 1.807) is 11.0 Å². The van der Waals surface area contributed by atoms with Gasteiger partial charge in [-0.25, -0.2) is 0 Å². The van der Waals surface area contributed by atoms with E-state index in [-0.39, 0.29) is 11.4 Å². The van der Waals surface area contributed by atoms with E-state index in [9.17, 15) is 4.79 Å². The average molecular weight is 366 g/mol. The molecule has 1 aromatic rings. The highest BCUT2D eigenvalue weighted by Gasteiger charge is 2.34. The van der Waals surface area contributed by atoms with Crippen molar-refractivity contribution >= 4 is 57.7 Å². The van der Waals surface area contributed by atoms with Crippen molar-refractivity contribution in [2.75, 3.05) is 26.2 Å². The van der Waals surface area contributed by atoms with Gasteiger partial charge in [-0.2, -0.15) is 0 Å². The molecule has 0 spiro atoms. The first-order valence-corrected chi connectivity index (χ1v) is 8.50. The lowest BCUT2D eigenvalue weighted by Crippen LogP contribution is -2.59. The van der Waals surface area contributed by atoms with Gasteiger partial charge in [0.2, 0.25) is 0 Å². The number of thiophene rings is 1. The Morgan fingerprint density at radius 1 is 1.33 bits per heavy atom. The summed E-state index contributed by atoms with van der Waals surface area (Å²) in [6.45, 7) is 6.70. The third-order valence-corrected chi connectivity index (χ3v) is 5.83. The summed E-state index contributed by atoms with van der Waals surface area (Å²) in [6, 6.07) is 1.63. The van der Waals surface area contributed by atoms with E-state index >= 15 is 0 Å². The Kier molecular flexibility index (Phi) is 5.15. The van der Waals surface area contributed by atoms with Crippen LogP contribution >= 0.6 is 46.8 Å². The third kappa shape index (κ3) is 3.51. The van der Waals surface area contributed by atoms with Crippen molar-refractivity contribution in [2.45, 2.75) is 19.4 Å². The van der Waals surface area contributed by atoms with Crippen molar-refractivity contribution in [3.05, 3.63) is 20.3 Å². The van der Waals surface area contributed by atoms with Gasteiger partial charge >= 0.3 is 0 Å². The monoisotopic (exact) mass is 365 g/mol. The summed E-state index contributed by atoms with van der Waals surface area (Å²) in [7, 11) is 0. The van der Waals surface area contributed by atoms with Crippen molar-refractivity contribution < 1.29 is 4.79 Å². The number of carbonyl (C=O) groups is 1. The first-order chi connectivity index (χ1) is 9.73. The van der Waals surface area contributed by atoms with E-state index in [4.69, 9.17) is 41.2 Å². The fraction of sp³-hybridized carbons (Fsp3) is 0.538. The number of hydrogen-bond donors (Lipinski definition) is 1. The van der Waals surface area contributed by atoms with Crippen molar-refractivity contribution in [3.63, 3.8) is 0 Å². The number of piperazine rings is 1. The second-order valence-corrected chi connectivity index (χ2v) is 8.17. The molecule has 1 fully saturated rings. The molecular weight excluding hydrogens is 349 g/mol. The molecule has 0 bridgehead atoms. The van der Waals surface area contributed by atoms with Crippen LogP contribution in [0.2, 0.25) is 8.67 Å². The number of rotatable bonds is 3. The van der Waals surface area contributed by atoms with Crippen molar-refractivity contribution in [3.8, 4) is 0 Å². The van der Waals surface area contributed by atoms with Gasteiger partial charge in [0.15, 0.2) is 0 Å². The van der Waals surface area contributed by atoms with E-state index in [0.717, 1.165) is 13.1 Å². The molecule has 0 saturated carbocycles. The molecule has 0 aliphatic carbocycles. The van der Waals surface area contributed by atoms with Crippen LogP contribution in [0.15, 0.2) is 6.07 Å². The highest BCUT2D eigenvalue weighted by Crippen LogP contribution is 2.32. The van der Waals surface area contributed by atoms with Gasteiger partial charge in [0.25, 0.3) is 5.91 Å². The van der Waals surface area contributed by atoms with Gasteiger partial charge in [0, 0.05) is 26.2 Å². The minimum absolute atomic E-state index is 0.0732. The Bertz CT molecular complexity index is 566. The summed E-state index contributed by atoms with van der Waals surface area (Å²) >= 11 is 18.3. The molecule has 1 aromatic heterocycles. The smallest absolute Gasteiger partial charge is 0.256 e.